The lowest BCUT2D eigenvalue weighted by atomic mass is 10.1. The third-order valence-electron chi connectivity index (χ3n) is 4.69. The average molecular weight is 322 g/mol. The SMILES string of the molecule is CCC(CC)n1nccc1C(=O)NCCCN1CCC(O)CC1. The number of carbonyl (C=O) groups excluding carboxylic acids is 1. The maximum absolute atomic E-state index is 12.3. The highest BCUT2D eigenvalue weighted by atomic mass is 16.3. The van der Waals surface area contributed by atoms with Gasteiger partial charge in [-0.3, -0.25) is 9.48 Å². The van der Waals surface area contributed by atoms with E-state index in [0.29, 0.717) is 12.2 Å². The summed E-state index contributed by atoms with van der Waals surface area (Å²) in [6.07, 6.45) is 6.17. The second-order valence-electron chi connectivity index (χ2n) is 6.31. The van der Waals surface area contributed by atoms with Crippen molar-refractivity contribution < 1.29 is 9.90 Å². The first kappa shape index (κ1) is 17.9. The lowest BCUT2D eigenvalue weighted by molar-refractivity contribution is 0.0815. The van der Waals surface area contributed by atoms with Crippen molar-refractivity contribution in [2.45, 2.75) is 58.1 Å². The van der Waals surface area contributed by atoms with E-state index in [9.17, 15) is 9.90 Å². The van der Waals surface area contributed by atoms with Crippen LogP contribution in [0.3, 0.4) is 0 Å². The zero-order valence-corrected chi connectivity index (χ0v) is 14.4. The van der Waals surface area contributed by atoms with Crippen LogP contribution in [0, 0.1) is 0 Å². The number of hydrogen-bond donors (Lipinski definition) is 2. The van der Waals surface area contributed by atoms with Crippen molar-refractivity contribution in [3.8, 4) is 0 Å². The maximum Gasteiger partial charge on any atom is 0.269 e. The summed E-state index contributed by atoms with van der Waals surface area (Å²) in [6, 6.07) is 2.07. The van der Waals surface area contributed by atoms with E-state index in [4.69, 9.17) is 0 Å². The quantitative estimate of drug-likeness (QED) is 0.716. The molecule has 0 radical (unpaired) electrons. The molecule has 1 amide bonds. The Morgan fingerprint density at radius 2 is 2.09 bits per heavy atom. The van der Waals surface area contributed by atoms with Crippen LogP contribution in [0.15, 0.2) is 12.3 Å². The van der Waals surface area contributed by atoms with Crippen LogP contribution in [0.5, 0.6) is 0 Å². The molecule has 0 unspecified atom stereocenters. The van der Waals surface area contributed by atoms with Gasteiger partial charge in [0, 0.05) is 25.8 Å². The molecule has 23 heavy (non-hydrogen) atoms. The third-order valence-corrected chi connectivity index (χ3v) is 4.69. The number of aliphatic hydroxyl groups is 1. The van der Waals surface area contributed by atoms with E-state index in [-0.39, 0.29) is 18.1 Å². The monoisotopic (exact) mass is 322 g/mol. The highest BCUT2D eigenvalue weighted by Gasteiger charge is 2.18. The minimum absolute atomic E-state index is 0.0385. The standard InChI is InChI=1S/C17H30N4O2/c1-3-14(4-2)21-16(6-10-19-21)17(23)18-9-5-11-20-12-7-15(22)8-13-20/h6,10,14-15,22H,3-5,7-9,11-13H2,1-2H3,(H,18,23). The lowest BCUT2D eigenvalue weighted by Gasteiger charge is -2.29. The summed E-state index contributed by atoms with van der Waals surface area (Å²) in [5, 5.41) is 16.8. The van der Waals surface area contributed by atoms with Crippen LogP contribution < -0.4 is 5.32 Å². The molecule has 6 nitrogen and oxygen atoms in total. The molecule has 0 bridgehead atoms. The van der Waals surface area contributed by atoms with E-state index in [1.54, 1.807) is 12.3 Å². The Morgan fingerprint density at radius 1 is 1.39 bits per heavy atom. The molecule has 1 aromatic rings. The minimum Gasteiger partial charge on any atom is -0.393 e. The average Bonchev–Trinajstić information content (AvgIpc) is 3.04. The van der Waals surface area contributed by atoms with Crippen molar-refractivity contribution in [3.63, 3.8) is 0 Å². The predicted molar refractivity (Wildman–Crippen MR) is 90.5 cm³/mol. The molecule has 2 heterocycles. The van der Waals surface area contributed by atoms with E-state index in [0.717, 1.165) is 51.7 Å². The topological polar surface area (TPSA) is 70.4 Å². The summed E-state index contributed by atoms with van der Waals surface area (Å²) in [5.41, 5.74) is 0.653. The number of piperidine rings is 1. The number of carbonyl (C=O) groups is 1. The molecule has 0 aromatic carbocycles. The van der Waals surface area contributed by atoms with Crippen LogP contribution in [0.4, 0.5) is 0 Å². The van der Waals surface area contributed by atoms with Gasteiger partial charge in [-0.05, 0) is 44.7 Å². The smallest absolute Gasteiger partial charge is 0.269 e. The fourth-order valence-electron chi connectivity index (χ4n) is 3.16. The molecule has 1 aromatic heterocycles. The van der Waals surface area contributed by atoms with Crippen LogP contribution >= 0.6 is 0 Å². The zero-order chi connectivity index (χ0) is 16.7. The molecular weight excluding hydrogens is 292 g/mol. The Kier molecular flexibility index (Phi) is 7.05. The van der Waals surface area contributed by atoms with E-state index >= 15 is 0 Å². The van der Waals surface area contributed by atoms with Gasteiger partial charge < -0.3 is 15.3 Å². The Morgan fingerprint density at radius 3 is 2.74 bits per heavy atom. The fourth-order valence-corrected chi connectivity index (χ4v) is 3.16. The molecule has 0 atom stereocenters. The Bertz CT molecular complexity index is 477. The summed E-state index contributed by atoms with van der Waals surface area (Å²) in [4.78, 5) is 14.7. The van der Waals surface area contributed by atoms with Crippen LogP contribution in [-0.4, -0.2) is 58.0 Å². The molecule has 1 fully saturated rings. The molecule has 0 aliphatic carbocycles. The Labute approximate surface area is 138 Å². The number of aromatic nitrogens is 2. The Hall–Kier alpha value is -1.40. The number of hydrogen-bond acceptors (Lipinski definition) is 4. The molecule has 1 saturated heterocycles. The number of rotatable bonds is 8. The van der Waals surface area contributed by atoms with Crippen LogP contribution in [0.25, 0.3) is 0 Å². The molecule has 1 aliphatic rings. The number of nitrogens with one attached hydrogen (secondary N) is 1. The van der Waals surface area contributed by atoms with Crippen molar-refractivity contribution in [1.29, 1.82) is 0 Å². The molecule has 130 valence electrons. The second kappa shape index (κ2) is 9.03. The van der Waals surface area contributed by atoms with Crippen LogP contribution in [0.2, 0.25) is 0 Å². The molecule has 1 aliphatic heterocycles. The van der Waals surface area contributed by atoms with Crippen molar-refractivity contribution >= 4 is 5.91 Å². The predicted octanol–water partition coefficient (Wildman–Crippen LogP) is 1.82. The highest BCUT2D eigenvalue weighted by Crippen LogP contribution is 2.16. The van der Waals surface area contributed by atoms with Gasteiger partial charge in [0.15, 0.2) is 0 Å². The minimum atomic E-state index is -0.128. The van der Waals surface area contributed by atoms with Crippen molar-refractivity contribution in [2.75, 3.05) is 26.2 Å². The largest absolute Gasteiger partial charge is 0.393 e. The van der Waals surface area contributed by atoms with E-state index in [1.807, 2.05) is 4.68 Å². The molecular formula is C17H30N4O2. The third kappa shape index (κ3) is 5.04. The van der Waals surface area contributed by atoms with Gasteiger partial charge in [-0.2, -0.15) is 5.10 Å². The molecule has 0 saturated carbocycles. The fraction of sp³-hybridized carbons (Fsp3) is 0.765. The van der Waals surface area contributed by atoms with Crippen LogP contribution in [0.1, 0.15) is 62.5 Å². The zero-order valence-electron chi connectivity index (χ0n) is 14.4. The molecule has 2 N–H and O–H groups in total. The van der Waals surface area contributed by atoms with Gasteiger partial charge in [0.1, 0.15) is 5.69 Å². The number of likely N-dealkylation sites (tertiary alicyclic amines) is 1. The van der Waals surface area contributed by atoms with Gasteiger partial charge in [-0.1, -0.05) is 13.8 Å². The summed E-state index contributed by atoms with van der Waals surface area (Å²) in [5.74, 6) is -0.0385. The number of nitrogens with zero attached hydrogens (tertiary/aromatic N) is 3. The van der Waals surface area contributed by atoms with Crippen molar-refractivity contribution in [1.82, 2.24) is 20.0 Å². The van der Waals surface area contributed by atoms with Gasteiger partial charge in [-0.25, -0.2) is 0 Å². The summed E-state index contributed by atoms with van der Waals surface area (Å²) >= 11 is 0. The van der Waals surface area contributed by atoms with Gasteiger partial charge in [-0.15, -0.1) is 0 Å². The van der Waals surface area contributed by atoms with Crippen molar-refractivity contribution in [3.05, 3.63) is 18.0 Å². The van der Waals surface area contributed by atoms with E-state index < -0.39 is 0 Å². The first-order valence-corrected chi connectivity index (χ1v) is 8.87. The van der Waals surface area contributed by atoms with E-state index in [2.05, 4.69) is 29.2 Å². The van der Waals surface area contributed by atoms with Crippen LogP contribution in [-0.2, 0) is 0 Å². The summed E-state index contributed by atoms with van der Waals surface area (Å²) in [6.45, 7) is 7.79. The summed E-state index contributed by atoms with van der Waals surface area (Å²) in [7, 11) is 0. The second-order valence-corrected chi connectivity index (χ2v) is 6.31. The van der Waals surface area contributed by atoms with Gasteiger partial charge in [0.05, 0.1) is 12.1 Å². The van der Waals surface area contributed by atoms with Gasteiger partial charge in [0.2, 0.25) is 0 Å². The van der Waals surface area contributed by atoms with Gasteiger partial charge >= 0.3 is 0 Å². The molecule has 2 rings (SSSR count). The van der Waals surface area contributed by atoms with Gasteiger partial charge in [0.25, 0.3) is 5.91 Å². The first-order valence-electron chi connectivity index (χ1n) is 8.87. The first-order chi connectivity index (χ1) is 11.2. The number of aliphatic hydroxyl groups excluding tert-OH is 1. The highest BCUT2D eigenvalue weighted by molar-refractivity contribution is 5.92. The summed E-state index contributed by atoms with van der Waals surface area (Å²) < 4.78 is 1.85. The normalized spacial score (nSPS) is 16.9. The van der Waals surface area contributed by atoms with E-state index in [1.165, 1.54) is 0 Å². The Balaban J connectivity index is 1.74. The number of amides is 1. The lowest BCUT2D eigenvalue weighted by Crippen LogP contribution is -2.37. The molecule has 0 spiro atoms. The maximum atomic E-state index is 12.3. The van der Waals surface area contributed by atoms with Crippen molar-refractivity contribution in [2.24, 2.45) is 0 Å². The molecule has 6 heteroatoms.